The first-order valence-corrected chi connectivity index (χ1v) is 6.44. The molecule has 0 unspecified atom stereocenters. The first-order chi connectivity index (χ1) is 8.75. The SMILES string of the molecule is O=C(CCCOc1cccc(Br)c1)n1ccnc1. The lowest BCUT2D eigenvalue weighted by molar-refractivity contribution is 0.0893. The highest BCUT2D eigenvalue weighted by Gasteiger charge is 2.03. The predicted molar refractivity (Wildman–Crippen MR) is 71.7 cm³/mol. The smallest absolute Gasteiger partial charge is 0.231 e. The van der Waals surface area contributed by atoms with Crippen LogP contribution in [-0.4, -0.2) is 22.1 Å². The molecule has 1 aromatic carbocycles. The van der Waals surface area contributed by atoms with E-state index in [2.05, 4.69) is 20.9 Å². The van der Waals surface area contributed by atoms with Gasteiger partial charge >= 0.3 is 0 Å². The summed E-state index contributed by atoms with van der Waals surface area (Å²) in [5.74, 6) is 0.838. The Kier molecular flexibility index (Phi) is 4.52. The third kappa shape index (κ3) is 3.70. The van der Waals surface area contributed by atoms with Crippen molar-refractivity contribution in [1.29, 1.82) is 0 Å². The molecule has 0 aliphatic heterocycles. The van der Waals surface area contributed by atoms with Gasteiger partial charge in [0.25, 0.3) is 0 Å². The maximum atomic E-state index is 11.6. The summed E-state index contributed by atoms with van der Waals surface area (Å²) >= 11 is 3.38. The van der Waals surface area contributed by atoms with Gasteiger partial charge in [-0.3, -0.25) is 9.36 Å². The van der Waals surface area contributed by atoms with E-state index in [0.29, 0.717) is 19.4 Å². The molecule has 1 heterocycles. The monoisotopic (exact) mass is 308 g/mol. The fourth-order valence-corrected chi connectivity index (χ4v) is 1.88. The van der Waals surface area contributed by atoms with Gasteiger partial charge in [0.05, 0.1) is 6.61 Å². The molecule has 0 bridgehead atoms. The molecule has 0 fully saturated rings. The number of carbonyl (C=O) groups excluding carboxylic acids is 1. The van der Waals surface area contributed by atoms with Gasteiger partial charge in [-0.1, -0.05) is 22.0 Å². The number of hydrogen-bond donors (Lipinski definition) is 0. The van der Waals surface area contributed by atoms with Crippen molar-refractivity contribution >= 4 is 21.8 Å². The molecule has 4 nitrogen and oxygen atoms in total. The van der Waals surface area contributed by atoms with Gasteiger partial charge in [-0.05, 0) is 24.6 Å². The van der Waals surface area contributed by atoms with Gasteiger partial charge in [0, 0.05) is 23.3 Å². The molecule has 5 heteroatoms. The number of aromatic nitrogens is 2. The Hall–Kier alpha value is -1.62. The fourth-order valence-electron chi connectivity index (χ4n) is 1.51. The van der Waals surface area contributed by atoms with E-state index in [-0.39, 0.29) is 5.91 Å². The van der Waals surface area contributed by atoms with Crippen molar-refractivity contribution < 1.29 is 9.53 Å². The minimum atomic E-state index is 0.0327. The highest BCUT2D eigenvalue weighted by atomic mass is 79.9. The van der Waals surface area contributed by atoms with Gasteiger partial charge in [0.15, 0.2) is 0 Å². The van der Waals surface area contributed by atoms with Crippen molar-refractivity contribution in [3.8, 4) is 5.75 Å². The number of rotatable bonds is 5. The third-order valence-electron chi connectivity index (χ3n) is 2.39. The Bertz CT molecular complexity index is 511. The summed E-state index contributed by atoms with van der Waals surface area (Å²) in [7, 11) is 0. The molecule has 94 valence electrons. The molecule has 0 spiro atoms. The Morgan fingerprint density at radius 2 is 2.33 bits per heavy atom. The molecule has 2 aromatic rings. The quantitative estimate of drug-likeness (QED) is 0.797. The van der Waals surface area contributed by atoms with E-state index < -0.39 is 0 Å². The van der Waals surface area contributed by atoms with Gasteiger partial charge in [-0.2, -0.15) is 0 Å². The molecule has 18 heavy (non-hydrogen) atoms. The highest BCUT2D eigenvalue weighted by molar-refractivity contribution is 9.10. The number of nitrogens with zero attached hydrogens (tertiary/aromatic N) is 2. The Labute approximate surface area is 114 Å². The molecule has 1 aromatic heterocycles. The summed E-state index contributed by atoms with van der Waals surface area (Å²) in [5, 5.41) is 0. The summed E-state index contributed by atoms with van der Waals surface area (Å²) in [6, 6.07) is 7.64. The standard InChI is InChI=1S/C13H13BrN2O2/c14-11-3-1-4-12(9-11)18-8-2-5-13(17)16-7-6-15-10-16/h1,3-4,6-7,9-10H,2,5,8H2. The van der Waals surface area contributed by atoms with Crippen LogP contribution in [-0.2, 0) is 0 Å². The maximum Gasteiger partial charge on any atom is 0.231 e. The highest BCUT2D eigenvalue weighted by Crippen LogP contribution is 2.17. The predicted octanol–water partition coefficient (Wildman–Crippen LogP) is 3.15. The van der Waals surface area contributed by atoms with Crippen LogP contribution in [0.25, 0.3) is 0 Å². The molecule has 0 saturated heterocycles. The van der Waals surface area contributed by atoms with Crippen molar-refractivity contribution in [2.24, 2.45) is 0 Å². The number of imidazole rings is 1. The van der Waals surface area contributed by atoms with Crippen LogP contribution in [0, 0.1) is 0 Å². The third-order valence-corrected chi connectivity index (χ3v) is 2.89. The average Bonchev–Trinajstić information content (AvgIpc) is 2.88. The molecule has 0 radical (unpaired) electrons. The van der Waals surface area contributed by atoms with Gasteiger partial charge in [0.2, 0.25) is 5.91 Å². The first-order valence-electron chi connectivity index (χ1n) is 5.65. The second-order valence-corrected chi connectivity index (χ2v) is 4.69. The Morgan fingerprint density at radius 3 is 3.06 bits per heavy atom. The normalized spacial score (nSPS) is 10.3. The molecule has 2 rings (SSSR count). The molecule has 0 N–H and O–H groups in total. The van der Waals surface area contributed by atoms with E-state index in [1.165, 1.54) is 10.9 Å². The number of hydrogen-bond acceptors (Lipinski definition) is 3. The van der Waals surface area contributed by atoms with Gasteiger partial charge in [-0.15, -0.1) is 0 Å². The summed E-state index contributed by atoms with van der Waals surface area (Å²) < 4.78 is 8.01. The van der Waals surface area contributed by atoms with Crippen LogP contribution >= 0.6 is 15.9 Å². The van der Waals surface area contributed by atoms with Gasteiger partial charge in [0.1, 0.15) is 12.1 Å². The van der Waals surface area contributed by atoms with Crippen molar-refractivity contribution in [2.75, 3.05) is 6.61 Å². The topological polar surface area (TPSA) is 44.1 Å². The van der Waals surface area contributed by atoms with Crippen LogP contribution in [0.2, 0.25) is 0 Å². The van der Waals surface area contributed by atoms with Crippen LogP contribution < -0.4 is 4.74 Å². The zero-order valence-corrected chi connectivity index (χ0v) is 11.3. The minimum absolute atomic E-state index is 0.0327. The molecule has 0 atom stereocenters. The van der Waals surface area contributed by atoms with Crippen molar-refractivity contribution in [1.82, 2.24) is 9.55 Å². The van der Waals surface area contributed by atoms with Crippen LogP contribution in [0.15, 0.2) is 47.5 Å². The average molecular weight is 309 g/mol. The van der Waals surface area contributed by atoms with E-state index in [4.69, 9.17) is 4.74 Å². The van der Waals surface area contributed by atoms with Crippen LogP contribution in [0.3, 0.4) is 0 Å². The first kappa shape index (κ1) is 12.8. The Balaban J connectivity index is 1.72. The lowest BCUT2D eigenvalue weighted by atomic mass is 10.3. The molecular formula is C13H13BrN2O2. The van der Waals surface area contributed by atoms with Crippen LogP contribution in [0.1, 0.15) is 17.6 Å². The van der Waals surface area contributed by atoms with Gasteiger partial charge < -0.3 is 4.74 Å². The molecule has 0 amide bonds. The zero-order chi connectivity index (χ0) is 12.8. The lowest BCUT2D eigenvalue weighted by Crippen LogP contribution is -2.09. The van der Waals surface area contributed by atoms with Crippen molar-refractivity contribution in [3.05, 3.63) is 47.5 Å². The number of benzene rings is 1. The molecular weight excluding hydrogens is 296 g/mol. The van der Waals surface area contributed by atoms with E-state index in [0.717, 1.165) is 10.2 Å². The van der Waals surface area contributed by atoms with Crippen molar-refractivity contribution in [2.45, 2.75) is 12.8 Å². The maximum absolute atomic E-state index is 11.6. The number of halogens is 1. The van der Waals surface area contributed by atoms with E-state index in [1.807, 2.05) is 24.3 Å². The van der Waals surface area contributed by atoms with E-state index in [9.17, 15) is 4.79 Å². The zero-order valence-electron chi connectivity index (χ0n) is 9.75. The minimum Gasteiger partial charge on any atom is -0.494 e. The van der Waals surface area contributed by atoms with Gasteiger partial charge in [-0.25, -0.2) is 4.98 Å². The van der Waals surface area contributed by atoms with E-state index >= 15 is 0 Å². The summed E-state index contributed by atoms with van der Waals surface area (Å²) in [6.07, 6.45) is 5.89. The summed E-state index contributed by atoms with van der Waals surface area (Å²) in [4.78, 5) is 15.5. The second-order valence-electron chi connectivity index (χ2n) is 3.77. The fraction of sp³-hybridized carbons (Fsp3) is 0.231. The van der Waals surface area contributed by atoms with Crippen LogP contribution in [0.4, 0.5) is 0 Å². The summed E-state index contributed by atoms with van der Waals surface area (Å²) in [5.41, 5.74) is 0. The molecule has 0 saturated carbocycles. The lowest BCUT2D eigenvalue weighted by Gasteiger charge is -2.06. The Morgan fingerprint density at radius 1 is 1.44 bits per heavy atom. The van der Waals surface area contributed by atoms with Crippen LogP contribution in [0.5, 0.6) is 5.75 Å². The largest absolute Gasteiger partial charge is 0.494 e. The van der Waals surface area contributed by atoms with E-state index in [1.54, 1.807) is 12.4 Å². The molecule has 0 aliphatic rings. The van der Waals surface area contributed by atoms with Crippen molar-refractivity contribution in [3.63, 3.8) is 0 Å². The number of ether oxygens (including phenoxy) is 1. The summed E-state index contributed by atoms with van der Waals surface area (Å²) in [6.45, 7) is 0.525. The molecule has 0 aliphatic carbocycles. The number of carbonyl (C=O) groups is 1. The second kappa shape index (κ2) is 6.35.